The lowest BCUT2D eigenvalue weighted by molar-refractivity contribution is -0.0588. The topological polar surface area (TPSA) is 71.1 Å². The fourth-order valence-electron chi connectivity index (χ4n) is 3.38. The van der Waals surface area contributed by atoms with Crippen LogP contribution in [0.3, 0.4) is 0 Å². The summed E-state index contributed by atoms with van der Waals surface area (Å²) in [6, 6.07) is 4.98. The number of rotatable bonds is 3. The quantitative estimate of drug-likeness (QED) is 0.385. The Morgan fingerprint density at radius 1 is 1.43 bits per heavy atom. The van der Waals surface area contributed by atoms with Crippen molar-refractivity contribution in [2.75, 3.05) is 13.2 Å². The van der Waals surface area contributed by atoms with Crippen molar-refractivity contribution in [2.45, 2.75) is 38.0 Å². The number of halogens is 1. The number of ether oxygens (including phenoxy) is 1. The molecule has 2 aliphatic rings. The van der Waals surface area contributed by atoms with Crippen LogP contribution in [0.5, 0.6) is 0 Å². The zero-order valence-corrected chi connectivity index (χ0v) is 11.8. The van der Waals surface area contributed by atoms with Gasteiger partial charge < -0.3 is 15.7 Å². The van der Waals surface area contributed by atoms with E-state index in [1.165, 1.54) is 18.6 Å². The summed E-state index contributed by atoms with van der Waals surface area (Å²) < 4.78 is 19.5. The maximum atomic E-state index is 13.7. The van der Waals surface area contributed by atoms with E-state index in [0.29, 0.717) is 24.3 Å². The van der Waals surface area contributed by atoms with Gasteiger partial charge in [0.1, 0.15) is 5.82 Å². The maximum Gasteiger partial charge on any atom is 0.170 e. The molecule has 21 heavy (non-hydrogen) atoms. The van der Waals surface area contributed by atoms with Gasteiger partial charge in [-0.1, -0.05) is 5.16 Å². The van der Waals surface area contributed by atoms with E-state index in [9.17, 15) is 4.39 Å². The monoisotopic (exact) mass is 293 g/mol. The number of nitrogens with zero attached hydrogens (tertiary/aromatic N) is 2. The molecule has 1 aromatic carbocycles. The lowest BCUT2D eigenvalue weighted by atomic mass is 10.1. The summed E-state index contributed by atoms with van der Waals surface area (Å²) >= 11 is 0. The van der Waals surface area contributed by atoms with E-state index >= 15 is 0 Å². The van der Waals surface area contributed by atoms with Gasteiger partial charge in [-0.15, -0.1) is 0 Å². The fraction of sp³-hybridized carbons (Fsp3) is 0.533. The SMILES string of the molecule is N/C(=N/O)c1cc(F)cc(CN2CCOC3CCCC32)c1. The number of hydrogen-bond donors (Lipinski definition) is 2. The van der Waals surface area contributed by atoms with Crippen LogP contribution in [0.4, 0.5) is 4.39 Å². The zero-order chi connectivity index (χ0) is 14.8. The second kappa shape index (κ2) is 5.99. The van der Waals surface area contributed by atoms with E-state index in [1.54, 1.807) is 6.07 Å². The molecule has 0 aromatic heterocycles. The van der Waals surface area contributed by atoms with Crippen molar-refractivity contribution in [3.8, 4) is 0 Å². The van der Waals surface area contributed by atoms with Crippen molar-refractivity contribution in [1.29, 1.82) is 0 Å². The number of amidine groups is 1. The van der Waals surface area contributed by atoms with Gasteiger partial charge in [-0.2, -0.15) is 0 Å². The average Bonchev–Trinajstić information content (AvgIpc) is 2.95. The summed E-state index contributed by atoms with van der Waals surface area (Å²) in [6.45, 7) is 2.24. The third-order valence-electron chi connectivity index (χ3n) is 4.34. The molecule has 1 saturated heterocycles. The van der Waals surface area contributed by atoms with Crippen LogP contribution in [-0.4, -0.2) is 41.2 Å². The highest BCUT2D eigenvalue weighted by Gasteiger charge is 2.35. The molecule has 1 aromatic rings. The van der Waals surface area contributed by atoms with Gasteiger partial charge in [0.15, 0.2) is 5.84 Å². The fourth-order valence-corrected chi connectivity index (χ4v) is 3.38. The van der Waals surface area contributed by atoms with Crippen molar-refractivity contribution in [3.63, 3.8) is 0 Å². The van der Waals surface area contributed by atoms with Crippen molar-refractivity contribution < 1.29 is 14.3 Å². The molecule has 114 valence electrons. The van der Waals surface area contributed by atoms with Gasteiger partial charge in [-0.3, -0.25) is 4.90 Å². The highest BCUT2D eigenvalue weighted by molar-refractivity contribution is 5.97. The molecular formula is C15H20FN3O2. The van der Waals surface area contributed by atoms with Crippen LogP contribution >= 0.6 is 0 Å². The minimum absolute atomic E-state index is 0.0727. The second-order valence-corrected chi connectivity index (χ2v) is 5.71. The van der Waals surface area contributed by atoms with Gasteiger partial charge in [-0.05, 0) is 43.0 Å². The molecule has 0 spiro atoms. The number of nitrogens with two attached hydrogens (primary N) is 1. The first-order chi connectivity index (χ1) is 10.2. The Labute approximate surface area is 123 Å². The molecule has 1 aliphatic heterocycles. The first kappa shape index (κ1) is 14.3. The number of benzene rings is 1. The van der Waals surface area contributed by atoms with E-state index in [1.807, 2.05) is 0 Å². The van der Waals surface area contributed by atoms with Crippen molar-refractivity contribution in [2.24, 2.45) is 10.9 Å². The van der Waals surface area contributed by atoms with Crippen molar-refractivity contribution in [3.05, 3.63) is 35.1 Å². The summed E-state index contributed by atoms with van der Waals surface area (Å²) in [5.41, 5.74) is 6.79. The van der Waals surface area contributed by atoms with Crippen molar-refractivity contribution in [1.82, 2.24) is 4.90 Å². The summed E-state index contributed by atoms with van der Waals surface area (Å²) in [6.07, 6.45) is 3.74. The average molecular weight is 293 g/mol. The van der Waals surface area contributed by atoms with E-state index in [-0.39, 0.29) is 11.7 Å². The molecule has 2 fully saturated rings. The lowest BCUT2D eigenvalue weighted by Gasteiger charge is -2.37. The molecule has 1 saturated carbocycles. The Balaban J connectivity index is 1.79. The maximum absolute atomic E-state index is 13.7. The Kier molecular flexibility index (Phi) is 4.07. The van der Waals surface area contributed by atoms with Gasteiger partial charge in [0.2, 0.25) is 0 Å². The first-order valence-electron chi connectivity index (χ1n) is 7.30. The molecule has 2 unspecified atom stereocenters. The molecule has 5 nitrogen and oxygen atoms in total. The molecule has 0 bridgehead atoms. The minimum Gasteiger partial charge on any atom is -0.409 e. The molecule has 0 amide bonds. The van der Waals surface area contributed by atoms with Gasteiger partial charge in [-0.25, -0.2) is 4.39 Å². The van der Waals surface area contributed by atoms with Gasteiger partial charge in [0.05, 0.1) is 12.7 Å². The van der Waals surface area contributed by atoms with E-state index in [0.717, 1.165) is 31.6 Å². The van der Waals surface area contributed by atoms with Crippen LogP contribution in [0.2, 0.25) is 0 Å². The van der Waals surface area contributed by atoms with E-state index in [4.69, 9.17) is 15.7 Å². The highest BCUT2D eigenvalue weighted by Crippen LogP contribution is 2.30. The van der Waals surface area contributed by atoms with Gasteiger partial charge >= 0.3 is 0 Å². The third-order valence-corrected chi connectivity index (χ3v) is 4.34. The van der Waals surface area contributed by atoms with Crippen LogP contribution in [0.15, 0.2) is 23.4 Å². The first-order valence-corrected chi connectivity index (χ1v) is 7.30. The summed E-state index contributed by atoms with van der Waals surface area (Å²) in [4.78, 5) is 2.35. The minimum atomic E-state index is -0.370. The Morgan fingerprint density at radius 3 is 3.10 bits per heavy atom. The van der Waals surface area contributed by atoms with Crippen LogP contribution in [-0.2, 0) is 11.3 Å². The molecule has 1 heterocycles. The van der Waals surface area contributed by atoms with E-state index in [2.05, 4.69) is 10.1 Å². The standard InChI is InChI=1S/C15H20FN3O2/c16-12-7-10(6-11(8-12)15(17)18-20)9-19-4-5-21-14-3-1-2-13(14)19/h6-8,13-14,20H,1-5,9H2,(H2,17,18). The van der Waals surface area contributed by atoms with Gasteiger partial charge in [0, 0.05) is 24.7 Å². The summed E-state index contributed by atoms with van der Waals surface area (Å²) in [5.74, 6) is -0.443. The molecule has 0 radical (unpaired) electrons. The molecular weight excluding hydrogens is 273 g/mol. The third kappa shape index (κ3) is 3.01. The molecule has 2 atom stereocenters. The van der Waals surface area contributed by atoms with Crippen LogP contribution in [0.1, 0.15) is 30.4 Å². The van der Waals surface area contributed by atoms with Crippen LogP contribution in [0.25, 0.3) is 0 Å². The molecule has 3 N–H and O–H groups in total. The van der Waals surface area contributed by atoms with Gasteiger partial charge in [0.25, 0.3) is 0 Å². The lowest BCUT2D eigenvalue weighted by Crippen LogP contribution is -2.47. The zero-order valence-electron chi connectivity index (χ0n) is 11.8. The number of morpholine rings is 1. The van der Waals surface area contributed by atoms with Crippen LogP contribution < -0.4 is 5.73 Å². The summed E-state index contributed by atoms with van der Waals surface area (Å²) in [5, 5.41) is 11.7. The predicted molar refractivity (Wildman–Crippen MR) is 76.7 cm³/mol. The predicted octanol–water partition coefficient (Wildman–Crippen LogP) is 1.67. The normalized spacial score (nSPS) is 26.8. The van der Waals surface area contributed by atoms with Crippen LogP contribution in [0, 0.1) is 5.82 Å². The molecule has 3 rings (SSSR count). The Hall–Kier alpha value is -1.66. The molecule has 1 aliphatic carbocycles. The summed E-state index contributed by atoms with van der Waals surface area (Å²) in [7, 11) is 0. The largest absolute Gasteiger partial charge is 0.409 e. The Bertz CT molecular complexity index is 550. The van der Waals surface area contributed by atoms with E-state index < -0.39 is 0 Å². The smallest absolute Gasteiger partial charge is 0.170 e. The van der Waals surface area contributed by atoms with Crippen molar-refractivity contribution >= 4 is 5.84 Å². The number of fused-ring (bicyclic) bond motifs is 1. The molecule has 6 heteroatoms. The Morgan fingerprint density at radius 2 is 2.29 bits per heavy atom. The number of oxime groups is 1. The second-order valence-electron chi connectivity index (χ2n) is 5.71. The number of hydrogen-bond acceptors (Lipinski definition) is 4. The highest BCUT2D eigenvalue weighted by atomic mass is 19.1.